The van der Waals surface area contributed by atoms with E-state index in [1.54, 1.807) is 6.92 Å². The van der Waals surface area contributed by atoms with Gasteiger partial charge in [-0.2, -0.15) is 11.3 Å². The maximum atomic E-state index is 12.1. The van der Waals surface area contributed by atoms with E-state index in [9.17, 15) is 14.4 Å². The van der Waals surface area contributed by atoms with Gasteiger partial charge in [0.2, 0.25) is 5.91 Å². The van der Waals surface area contributed by atoms with Crippen molar-refractivity contribution in [1.29, 1.82) is 0 Å². The van der Waals surface area contributed by atoms with Crippen molar-refractivity contribution in [3.63, 3.8) is 0 Å². The van der Waals surface area contributed by atoms with Gasteiger partial charge in [0.1, 0.15) is 0 Å². The van der Waals surface area contributed by atoms with Crippen LogP contribution in [0.4, 0.5) is 0 Å². The molecule has 2 aromatic rings. The van der Waals surface area contributed by atoms with Crippen LogP contribution in [0.2, 0.25) is 0 Å². The summed E-state index contributed by atoms with van der Waals surface area (Å²) in [4.78, 5) is 35.1. The minimum Gasteiger partial charge on any atom is -0.466 e. The number of hydrogen-bond donors (Lipinski definition) is 3. The Kier molecular flexibility index (Phi) is 5.16. The lowest BCUT2D eigenvalue weighted by Gasteiger charge is -2.13. The number of esters is 1. The van der Waals surface area contributed by atoms with E-state index in [0.29, 0.717) is 11.3 Å². The van der Waals surface area contributed by atoms with Gasteiger partial charge in [-0.3, -0.25) is 19.5 Å². The minimum atomic E-state index is -0.515. The first-order chi connectivity index (χ1) is 10.5. The molecule has 0 aliphatic heterocycles. The SMILES string of the molecule is CCOC(=O)Cc1[nH][nH]c(=O)c1C(CC(N)=O)c1ccsc1. The monoisotopic (exact) mass is 323 g/mol. The first kappa shape index (κ1) is 16.0. The normalized spacial score (nSPS) is 12.0. The molecule has 0 aliphatic carbocycles. The molecule has 4 N–H and O–H groups in total. The first-order valence-electron chi connectivity index (χ1n) is 6.78. The van der Waals surface area contributed by atoms with Crippen molar-refractivity contribution in [3.05, 3.63) is 44.0 Å². The molecule has 0 saturated heterocycles. The van der Waals surface area contributed by atoms with Crippen LogP contribution in [0.3, 0.4) is 0 Å². The summed E-state index contributed by atoms with van der Waals surface area (Å²) >= 11 is 1.46. The van der Waals surface area contributed by atoms with Crippen molar-refractivity contribution in [3.8, 4) is 0 Å². The van der Waals surface area contributed by atoms with Gasteiger partial charge in [0, 0.05) is 17.9 Å². The molecule has 8 heteroatoms. The fourth-order valence-corrected chi connectivity index (χ4v) is 3.04. The highest BCUT2D eigenvalue weighted by molar-refractivity contribution is 7.08. The Hall–Kier alpha value is -2.35. The standard InChI is InChI=1S/C14H17N3O4S/c1-2-21-12(19)6-10-13(14(20)17-16-10)9(5-11(15)18)8-3-4-22-7-8/h3-4,7,9H,2,5-6H2,1H3,(H2,15,18)(H2,16,17,20). The van der Waals surface area contributed by atoms with Crippen molar-refractivity contribution in [2.45, 2.75) is 25.7 Å². The lowest BCUT2D eigenvalue weighted by Crippen LogP contribution is -2.21. The molecular formula is C14H17N3O4S. The molecule has 7 nitrogen and oxygen atoms in total. The second kappa shape index (κ2) is 7.08. The van der Waals surface area contributed by atoms with Gasteiger partial charge in [0.05, 0.1) is 18.7 Å². The van der Waals surface area contributed by atoms with E-state index in [0.717, 1.165) is 5.56 Å². The Morgan fingerprint density at radius 2 is 2.18 bits per heavy atom. The second-order valence-corrected chi connectivity index (χ2v) is 5.51. The van der Waals surface area contributed by atoms with Crippen LogP contribution < -0.4 is 11.3 Å². The quantitative estimate of drug-likeness (QED) is 0.655. The molecule has 0 radical (unpaired) electrons. The molecule has 2 rings (SSSR count). The number of aromatic nitrogens is 2. The molecule has 2 aromatic heterocycles. The van der Waals surface area contributed by atoms with Crippen LogP contribution in [0.15, 0.2) is 21.6 Å². The molecule has 22 heavy (non-hydrogen) atoms. The maximum Gasteiger partial charge on any atom is 0.311 e. The number of carbonyl (C=O) groups excluding carboxylic acids is 2. The smallest absolute Gasteiger partial charge is 0.311 e. The van der Waals surface area contributed by atoms with E-state index in [1.807, 2.05) is 16.8 Å². The summed E-state index contributed by atoms with van der Waals surface area (Å²) in [6, 6.07) is 1.83. The van der Waals surface area contributed by atoms with Crippen molar-refractivity contribution in [2.75, 3.05) is 6.61 Å². The highest BCUT2D eigenvalue weighted by Gasteiger charge is 2.26. The number of amides is 1. The van der Waals surface area contributed by atoms with Crippen molar-refractivity contribution < 1.29 is 14.3 Å². The average molecular weight is 323 g/mol. The van der Waals surface area contributed by atoms with Crippen LogP contribution in [0, 0.1) is 0 Å². The molecule has 1 atom stereocenters. The van der Waals surface area contributed by atoms with E-state index >= 15 is 0 Å². The Bertz CT molecular complexity index is 702. The summed E-state index contributed by atoms with van der Waals surface area (Å²) < 4.78 is 4.90. The first-order valence-corrected chi connectivity index (χ1v) is 7.72. The molecule has 1 unspecified atom stereocenters. The Morgan fingerprint density at radius 1 is 1.41 bits per heavy atom. The summed E-state index contributed by atoms with van der Waals surface area (Å²) in [6.45, 7) is 1.97. The van der Waals surface area contributed by atoms with Crippen molar-refractivity contribution in [2.24, 2.45) is 5.73 Å². The maximum absolute atomic E-state index is 12.1. The third kappa shape index (κ3) is 3.64. The molecule has 0 bridgehead atoms. The highest BCUT2D eigenvalue weighted by atomic mass is 32.1. The summed E-state index contributed by atoms with van der Waals surface area (Å²) in [5, 5.41) is 8.87. The molecule has 2 heterocycles. The van der Waals surface area contributed by atoms with Crippen LogP contribution in [0.25, 0.3) is 0 Å². The summed E-state index contributed by atoms with van der Waals surface area (Å²) in [5.74, 6) is -1.44. The van der Waals surface area contributed by atoms with Gasteiger partial charge >= 0.3 is 5.97 Å². The van der Waals surface area contributed by atoms with Crippen molar-refractivity contribution in [1.82, 2.24) is 10.2 Å². The van der Waals surface area contributed by atoms with Crippen LogP contribution in [0.5, 0.6) is 0 Å². The van der Waals surface area contributed by atoms with Gasteiger partial charge < -0.3 is 15.6 Å². The number of thiophene rings is 1. The molecule has 0 aromatic carbocycles. The number of ether oxygens (including phenoxy) is 1. The van der Waals surface area contributed by atoms with E-state index in [1.165, 1.54) is 11.3 Å². The third-order valence-electron chi connectivity index (χ3n) is 3.22. The third-order valence-corrected chi connectivity index (χ3v) is 3.92. The predicted molar refractivity (Wildman–Crippen MR) is 81.7 cm³/mol. The fourth-order valence-electron chi connectivity index (χ4n) is 2.33. The van der Waals surface area contributed by atoms with Crippen molar-refractivity contribution >= 4 is 23.2 Å². The number of nitrogens with one attached hydrogen (secondary N) is 2. The number of nitrogens with two attached hydrogens (primary N) is 1. The molecule has 0 spiro atoms. The molecule has 0 saturated carbocycles. The average Bonchev–Trinajstić information content (AvgIpc) is 3.07. The number of carbonyl (C=O) groups is 2. The van der Waals surface area contributed by atoms with Gasteiger partial charge in [-0.1, -0.05) is 0 Å². The lowest BCUT2D eigenvalue weighted by atomic mass is 9.89. The lowest BCUT2D eigenvalue weighted by molar-refractivity contribution is -0.142. The zero-order valence-corrected chi connectivity index (χ0v) is 12.9. The molecule has 1 amide bonds. The van der Waals surface area contributed by atoms with Gasteiger partial charge in [0.25, 0.3) is 5.56 Å². The van der Waals surface area contributed by atoms with Crippen LogP contribution in [0.1, 0.15) is 36.1 Å². The number of aromatic amines is 2. The number of primary amides is 1. The van der Waals surface area contributed by atoms with Crippen LogP contribution in [-0.2, 0) is 20.7 Å². The van der Waals surface area contributed by atoms with E-state index in [2.05, 4.69) is 10.2 Å². The van der Waals surface area contributed by atoms with Crippen LogP contribution in [-0.4, -0.2) is 28.7 Å². The largest absolute Gasteiger partial charge is 0.466 e. The van der Waals surface area contributed by atoms with Gasteiger partial charge in [-0.25, -0.2) is 0 Å². The predicted octanol–water partition coefficient (Wildman–Crippen LogP) is 0.877. The Labute approximate surface area is 130 Å². The zero-order valence-electron chi connectivity index (χ0n) is 12.0. The van der Waals surface area contributed by atoms with Crippen LogP contribution >= 0.6 is 11.3 Å². The fraction of sp³-hybridized carbons (Fsp3) is 0.357. The Balaban J connectivity index is 2.39. The highest BCUT2D eigenvalue weighted by Crippen LogP contribution is 2.29. The van der Waals surface area contributed by atoms with E-state index < -0.39 is 17.8 Å². The molecule has 0 aliphatic rings. The Morgan fingerprint density at radius 3 is 2.77 bits per heavy atom. The van der Waals surface area contributed by atoms with Gasteiger partial charge in [-0.15, -0.1) is 0 Å². The number of H-pyrrole nitrogens is 2. The minimum absolute atomic E-state index is 0.00646. The molecule has 0 fully saturated rings. The zero-order chi connectivity index (χ0) is 16.1. The second-order valence-electron chi connectivity index (χ2n) is 4.73. The molecule has 118 valence electrons. The summed E-state index contributed by atoms with van der Waals surface area (Å²) in [6.07, 6.45) is -0.0746. The summed E-state index contributed by atoms with van der Waals surface area (Å²) in [7, 11) is 0. The summed E-state index contributed by atoms with van der Waals surface area (Å²) in [5.41, 5.74) is 6.53. The van der Waals surface area contributed by atoms with Gasteiger partial charge in [0.15, 0.2) is 0 Å². The number of rotatable bonds is 7. The van der Waals surface area contributed by atoms with E-state index in [4.69, 9.17) is 10.5 Å². The van der Waals surface area contributed by atoms with E-state index in [-0.39, 0.29) is 25.0 Å². The molecular weight excluding hydrogens is 306 g/mol. The van der Waals surface area contributed by atoms with Gasteiger partial charge in [-0.05, 0) is 29.3 Å². The number of hydrogen-bond acceptors (Lipinski definition) is 5. The topological polar surface area (TPSA) is 118 Å².